The first-order chi connectivity index (χ1) is 7.24. The van der Waals surface area contributed by atoms with Gasteiger partial charge in [-0.25, -0.2) is 0 Å². The molecule has 0 amide bonds. The Hall–Kier alpha value is -0.120. The molecule has 3 fully saturated rings. The summed E-state index contributed by atoms with van der Waals surface area (Å²) >= 11 is 0. The summed E-state index contributed by atoms with van der Waals surface area (Å²) in [6.07, 6.45) is 6.84. The summed E-state index contributed by atoms with van der Waals surface area (Å²) in [7, 11) is 2.31. The summed E-state index contributed by atoms with van der Waals surface area (Å²) in [4.78, 5) is 5.27. The molecule has 3 heterocycles. The van der Waals surface area contributed by atoms with Gasteiger partial charge in [0.1, 0.15) is 0 Å². The van der Waals surface area contributed by atoms with Gasteiger partial charge in [-0.1, -0.05) is 0 Å². The van der Waals surface area contributed by atoms with Crippen molar-refractivity contribution in [3.8, 4) is 0 Å². The maximum atomic E-state index is 5.99. The Labute approximate surface area is 92.6 Å². The summed E-state index contributed by atoms with van der Waals surface area (Å²) in [6.45, 7) is 2.39. The molecule has 0 aliphatic carbocycles. The Morgan fingerprint density at radius 3 is 2.20 bits per heavy atom. The Kier molecular flexibility index (Phi) is 2.49. The lowest BCUT2D eigenvalue weighted by molar-refractivity contribution is 0.0889. The number of nitrogens with zero attached hydrogens (tertiary/aromatic N) is 2. The van der Waals surface area contributed by atoms with E-state index in [0.717, 1.165) is 24.7 Å². The van der Waals surface area contributed by atoms with Crippen LogP contribution in [0.15, 0.2) is 0 Å². The number of piperidine rings is 1. The van der Waals surface area contributed by atoms with Crippen molar-refractivity contribution in [1.29, 1.82) is 0 Å². The average Bonchev–Trinajstić information content (AvgIpc) is 2.70. The van der Waals surface area contributed by atoms with Crippen molar-refractivity contribution < 1.29 is 0 Å². The molecule has 2 N–H and O–H groups in total. The summed E-state index contributed by atoms with van der Waals surface area (Å²) in [5.74, 6) is 0. The van der Waals surface area contributed by atoms with E-state index >= 15 is 0 Å². The van der Waals surface area contributed by atoms with Crippen LogP contribution in [-0.2, 0) is 0 Å². The second-order valence-electron chi connectivity index (χ2n) is 5.72. The third-order valence-corrected chi connectivity index (χ3v) is 4.85. The zero-order chi connectivity index (χ0) is 10.4. The number of rotatable bonds is 1. The van der Waals surface area contributed by atoms with Crippen molar-refractivity contribution in [3.05, 3.63) is 0 Å². The third-order valence-electron chi connectivity index (χ3n) is 4.85. The number of hydrogen-bond acceptors (Lipinski definition) is 3. The number of fused-ring (bicyclic) bond motifs is 2. The lowest BCUT2D eigenvalue weighted by Gasteiger charge is -2.40. The zero-order valence-corrected chi connectivity index (χ0v) is 9.73. The summed E-state index contributed by atoms with van der Waals surface area (Å²) in [5, 5.41) is 0. The SMILES string of the molecule is CN1C2CCC1CC(N1CCC(N)C1)C2. The van der Waals surface area contributed by atoms with Gasteiger partial charge in [0, 0.05) is 37.3 Å². The predicted molar refractivity (Wildman–Crippen MR) is 61.8 cm³/mol. The van der Waals surface area contributed by atoms with Crippen LogP contribution >= 0.6 is 0 Å². The fourth-order valence-corrected chi connectivity index (χ4v) is 3.83. The van der Waals surface area contributed by atoms with E-state index in [4.69, 9.17) is 5.73 Å². The average molecular weight is 209 g/mol. The minimum absolute atomic E-state index is 0.447. The van der Waals surface area contributed by atoms with Crippen molar-refractivity contribution in [2.24, 2.45) is 5.73 Å². The molecule has 3 rings (SSSR count). The highest BCUT2D eigenvalue weighted by atomic mass is 15.3. The van der Waals surface area contributed by atoms with Gasteiger partial charge in [-0.2, -0.15) is 0 Å². The van der Waals surface area contributed by atoms with Gasteiger partial charge >= 0.3 is 0 Å². The molecule has 3 atom stereocenters. The molecule has 2 bridgehead atoms. The first kappa shape index (κ1) is 10.1. The van der Waals surface area contributed by atoms with Crippen LogP contribution in [0.1, 0.15) is 32.1 Å². The van der Waals surface area contributed by atoms with E-state index in [1.807, 2.05) is 0 Å². The lowest BCUT2D eigenvalue weighted by Crippen LogP contribution is -2.48. The van der Waals surface area contributed by atoms with E-state index in [-0.39, 0.29) is 0 Å². The quantitative estimate of drug-likeness (QED) is 0.688. The van der Waals surface area contributed by atoms with Gasteiger partial charge in [0.05, 0.1) is 0 Å². The van der Waals surface area contributed by atoms with Gasteiger partial charge in [-0.3, -0.25) is 4.90 Å². The molecule has 15 heavy (non-hydrogen) atoms. The molecule has 3 aliphatic heterocycles. The van der Waals surface area contributed by atoms with Crippen molar-refractivity contribution in [2.75, 3.05) is 20.1 Å². The van der Waals surface area contributed by atoms with Crippen LogP contribution < -0.4 is 5.73 Å². The van der Waals surface area contributed by atoms with E-state index in [2.05, 4.69) is 16.8 Å². The van der Waals surface area contributed by atoms with Crippen LogP contribution in [0.2, 0.25) is 0 Å². The molecule has 0 aromatic carbocycles. The number of nitrogens with two attached hydrogens (primary N) is 1. The first-order valence-corrected chi connectivity index (χ1v) is 6.45. The van der Waals surface area contributed by atoms with Gasteiger partial charge in [-0.05, 0) is 39.2 Å². The maximum absolute atomic E-state index is 5.99. The minimum atomic E-state index is 0.447. The third kappa shape index (κ3) is 1.71. The van der Waals surface area contributed by atoms with E-state index in [0.29, 0.717) is 6.04 Å². The Morgan fingerprint density at radius 2 is 1.67 bits per heavy atom. The monoisotopic (exact) mass is 209 g/mol. The molecule has 3 saturated heterocycles. The van der Waals surface area contributed by atoms with Gasteiger partial charge in [0.2, 0.25) is 0 Å². The van der Waals surface area contributed by atoms with E-state index in [1.54, 1.807) is 0 Å². The molecule has 86 valence electrons. The smallest absolute Gasteiger partial charge is 0.0180 e. The molecular weight excluding hydrogens is 186 g/mol. The number of hydrogen-bond donors (Lipinski definition) is 1. The lowest BCUT2D eigenvalue weighted by atomic mass is 9.97. The Bertz CT molecular complexity index is 229. The second kappa shape index (κ2) is 3.72. The molecule has 0 spiro atoms. The van der Waals surface area contributed by atoms with Gasteiger partial charge < -0.3 is 10.6 Å². The highest BCUT2D eigenvalue weighted by Crippen LogP contribution is 2.36. The molecule has 0 saturated carbocycles. The van der Waals surface area contributed by atoms with Crippen molar-refractivity contribution >= 4 is 0 Å². The Balaban J connectivity index is 1.65. The summed E-state index contributed by atoms with van der Waals surface area (Å²) in [5.41, 5.74) is 5.99. The van der Waals surface area contributed by atoms with E-state index in [1.165, 1.54) is 38.6 Å². The van der Waals surface area contributed by atoms with Crippen LogP contribution in [0.4, 0.5) is 0 Å². The fourth-order valence-electron chi connectivity index (χ4n) is 3.83. The molecule has 0 aromatic rings. The van der Waals surface area contributed by atoms with Gasteiger partial charge in [0.25, 0.3) is 0 Å². The second-order valence-corrected chi connectivity index (χ2v) is 5.72. The molecule has 3 nitrogen and oxygen atoms in total. The zero-order valence-electron chi connectivity index (χ0n) is 9.73. The highest BCUT2D eigenvalue weighted by Gasteiger charge is 2.41. The highest BCUT2D eigenvalue weighted by molar-refractivity contribution is 4.98. The summed E-state index contributed by atoms with van der Waals surface area (Å²) in [6, 6.07) is 3.02. The van der Waals surface area contributed by atoms with Crippen LogP contribution in [0.25, 0.3) is 0 Å². The number of likely N-dealkylation sites (tertiary alicyclic amines) is 1. The van der Waals surface area contributed by atoms with Crippen LogP contribution in [0, 0.1) is 0 Å². The topological polar surface area (TPSA) is 32.5 Å². The minimum Gasteiger partial charge on any atom is -0.326 e. The first-order valence-electron chi connectivity index (χ1n) is 6.45. The molecule has 3 unspecified atom stereocenters. The molecule has 0 radical (unpaired) electrons. The van der Waals surface area contributed by atoms with Gasteiger partial charge in [0.15, 0.2) is 0 Å². The Morgan fingerprint density at radius 1 is 1.00 bits per heavy atom. The van der Waals surface area contributed by atoms with Gasteiger partial charge in [-0.15, -0.1) is 0 Å². The summed E-state index contributed by atoms with van der Waals surface area (Å²) < 4.78 is 0. The molecular formula is C12H23N3. The largest absolute Gasteiger partial charge is 0.326 e. The van der Waals surface area contributed by atoms with Crippen LogP contribution in [0.5, 0.6) is 0 Å². The molecule has 3 heteroatoms. The molecule has 0 aromatic heterocycles. The van der Waals surface area contributed by atoms with Crippen LogP contribution in [-0.4, -0.2) is 54.1 Å². The van der Waals surface area contributed by atoms with E-state index in [9.17, 15) is 0 Å². The maximum Gasteiger partial charge on any atom is 0.0180 e. The van der Waals surface area contributed by atoms with Crippen LogP contribution in [0.3, 0.4) is 0 Å². The standard InChI is InChI=1S/C12H23N3/c1-14-10-2-3-11(14)7-12(6-10)15-5-4-9(13)8-15/h9-12H,2-8,13H2,1H3. The van der Waals surface area contributed by atoms with E-state index < -0.39 is 0 Å². The van der Waals surface area contributed by atoms with Crippen molar-refractivity contribution in [2.45, 2.75) is 56.3 Å². The normalized spacial score (nSPS) is 47.6. The fraction of sp³-hybridized carbons (Fsp3) is 1.00. The predicted octanol–water partition coefficient (Wildman–Crippen LogP) is 0.645. The molecule has 3 aliphatic rings. The van der Waals surface area contributed by atoms with Crippen molar-refractivity contribution in [3.63, 3.8) is 0 Å². The van der Waals surface area contributed by atoms with Crippen molar-refractivity contribution in [1.82, 2.24) is 9.80 Å².